The average molecular weight is 260 g/mol. The van der Waals surface area contributed by atoms with Gasteiger partial charge in [0.2, 0.25) is 0 Å². The topological polar surface area (TPSA) is 25.8 Å². The second-order valence-corrected chi connectivity index (χ2v) is 4.08. The molecule has 0 atom stereocenters. The molecule has 0 amide bonds. The van der Waals surface area contributed by atoms with Crippen molar-refractivity contribution < 1.29 is 0 Å². The Bertz CT molecular complexity index is 500. The molecule has 2 rings (SSSR count). The molecule has 0 aliphatic carbocycles. The monoisotopic (exact) mass is 258 g/mol. The highest BCUT2D eigenvalue weighted by molar-refractivity contribution is 6.36. The van der Waals surface area contributed by atoms with E-state index in [4.69, 9.17) is 34.8 Å². The van der Waals surface area contributed by atoms with Gasteiger partial charge >= 0.3 is 0 Å². The molecule has 0 bridgehead atoms. The number of hydrogen-bond donors (Lipinski definition) is 0. The van der Waals surface area contributed by atoms with Gasteiger partial charge < -0.3 is 0 Å². The molecule has 0 saturated heterocycles. The molecule has 2 nitrogen and oxygen atoms in total. The number of halogens is 3. The van der Waals surface area contributed by atoms with E-state index in [-0.39, 0.29) is 0 Å². The van der Waals surface area contributed by atoms with Crippen molar-refractivity contribution in [3.8, 4) is 11.3 Å². The third-order valence-corrected chi connectivity index (χ3v) is 2.60. The maximum Gasteiger partial charge on any atom is 0.133 e. The minimum atomic E-state index is 0.381. The van der Waals surface area contributed by atoms with Crippen LogP contribution in [0.5, 0.6) is 0 Å². The molecule has 0 unspecified atom stereocenters. The van der Waals surface area contributed by atoms with E-state index in [0.29, 0.717) is 20.9 Å². The molecular formula is C10H5Cl3N2. The maximum atomic E-state index is 6.03. The molecule has 5 heteroatoms. The molecule has 76 valence electrons. The number of rotatable bonds is 1. The summed E-state index contributed by atoms with van der Waals surface area (Å²) in [5, 5.41) is 1.51. The first-order valence-electron chi connectivity index (χ1n) is 4.10. The van der Waals surface area contributed by atoms with Crippen LogP contribution >= 0.6 is 34.8 Å². The van der Waals surface area contributed by atoms with E-state index < -0.39 is 0 Å². The van der Waals surface area contributed by atoms with Crippen molar-refractivity contribution in [2.45, 2.75) is 0 Å². The Hall–Kier alpha value is -0.830. The van der Waals surface area contributed by atoms with Crippen LogP contribution in [0.25, 0.3) is 11.3 Å². The molecule has 0 radical (unpaired) electrons. The van der Waals surface area contributed by atoms with Crippen molar-refractivity contribution in [2.75, 3.05) is 0 Å². The Balaban J connectivity index is 2.54. The fraction of sp³-hybridized carbons (Fsp3) is 0. The van der Waals surface area contributed by atoms with Crippen molar-refractivity contribution in [2.24, 2.45) is 0 Å². The lowest BCUT2D eigenvalue weighted by molar-refractivity contribution is 1.17. The number of nitrogens with zero attached hydrogens (tertiary/aromatic N) is 2. The van der Waals surface area contributed by atoms with Gasteiger partial charge in [-0.3, -0.25) is 0 Å². The van der Waals surface area contributed by atoms with Crippen LogP contribution in [0.15, 0.2) is 30.6 Å². The zero-order valence-corrected chi connectivity index (χ0v) is 9.68. The second-order valence-electron chi connectivity index (χ2n) is 2.85. The first-order chi connectivity index (χ1) is 7.16. The van der Waals surface area contributed by atoms with Gasteiger partial charge in [-0.05, 0) is 18.2 Å². The van der Waals surface area contributed by atoms with Crippen molar-refractivity contribution in [3.63, 3.8) is 0 Å². The lowest BCUT2D eigenvalue weighted by Crippen LogP contribution is -1.86. The Morgan fingerprint density at radius 1 is 0.933 bits per heavy atom. The van der Waals surface area contributed by atoms with Gasteiger partial charge in [0.05, 0.1) is 10.7 Å². The molecule has 0 N–H and O–H groups in total. The van der Waals surface area contributed by atoms with E-state index in [1.807, 2.05) is 0 Å². The summed E-state index contributed by atoms with van der Waals surface area (Å²) in [6.07, 6.45) is 1.39. The van der Waals surface area contributed by atoms with Gasteiger partial charge in [-0.1, -0.05) is 34.8 Å². The Labute approximate surface area is 102 Å². The number of hydrogen-bond acceptors (Lipinski definition) is 2. The quantitative estimate of drug-likeness (QED) is 0.721. The predicted octanol–water partition coefficient (Wildman–Crippen LogP) is 4.10. The lowest BCUT2D eigenvalue weighted by Gasteiger charge is -2.03. The Kier molecular flexibility index (Phi) is 3.10. The van der Waals surface area contributed by atoms with E-state index >= 15 is 0 Å². The predicted molar refractivity (Wildman–Crippen MR) is 62.5 cm³/mol. The first kappa shape index (κ1) is 10.7. The summed E-state index contributed by atoms with van der Waals surface area (Å²) in [6, 6.07) is 6.85. The smallest absolute Gasteiger partial charge is 0.133 e. The highest BCUT2D eigenvalue weighted by Crippen LogP contribution is 2.29. The number of aromatic nitrogens is 2. The van der Waals surface area contributed by atoms with Gasteiger partial charge in [0, 0.05) is 16.7 Å². The van der Waals surface area contributed by atoms with Crippen LogP contribution in [0.2, 0.25) is 15.2 Å². The average Bonchev–Trinajstić information content (AvgIpc) is 2.17. The van der Waals surface area contributed by atoms with Crippen LogP contribution in [0.3, 0.4) is 0 Å². The molecule has 1 heterocycles. The fourth-order valence-corrected chi connectivity index (χ4v) is 1.83. The van der Waals surface area contributed by atoms with Crippen LogP contribution < -0.4 is 0 Å². The van der Waals surface area contributed by atoms with E-state index in [9.17, 15) is 0 Å². The van der Waals surface area contributed by atoms with E-state index in [2.05, 4.69) is 9.97 Å². The zero-order chi connectivity index (χ0) is 10.8. The van der Waals surface area contributed by atoms with Crippen LogP contribution in [0.1, 0.15) is 0 Å². The normalized spacial score (nSPS) is 10.3. The van der Waals surface area contributed by atoms with Crippen molar-refractivity contribution in [1.29, 1.82) is 0 Å². The molecule has 0 saturated carbocycles. The van der Waals surface area contributed by atoms with E-state index in [1.54, 1.807) is 24.3 Å². The van der Waals surface area contributed by atoms with Gasteiger partial charge in [0.15, 0.2) is 0 Å². The van der Waals surface area contributed by atoms with Crippen LogP contribution in [-0.2, 0) is 0 Å². The molecule has 1 aromatic heterocycles. The van der Waals surface area contributed by atoms with Crippen molar-refractivity contribution in [3.05, 3.63) is 45.8 Å². The first-order valence-corrected chi connectivity index (χ1v) is 5.23. The third-order valence-electron chi connectivity index (χ3n) is 1.84. The molecule has 0 spiro atoms. The van der Waals surface area contributed by atoms with Gasteiger partial charge in [-0.2, -0.15) is 0 Å². The third kappa shape index (κ3) is 2.40. The van der Waals surface area contributed by atoms with Crippen LogP contribution in [0.4, 0.5) is 0 Å². The summed E-state index contributed by atoms with van der Waals surface area (Å²) in [6.45, 7) is 0. The van der Waals surface area contributed by atoms with Gasteiger partial charge in [-0.25, -0.2) is 9.97 Å². The van der Waals surface area contributed by atoms with E-state index in [1.165, 1.54) is 6.33 Å². The Morgan fingerprint density at radius 3 is 2.40 bits per heavy atom. The van der Waals surface area contributed by atoms with Gasteiger partial charge in [-0.15, -0.1) is 0 Å². The molecule has 0 aliphatic heterocycles. The minimum absolute atomic E-state index is 0.381. The SMILES string of the molecule is Clc1ccc(-c2cc(Cl)ncn2)c(Cl)c1. The standard InChI is InChI=1S/C10H5Cl3N2/c11-6-1-2-7(8(12)3-6)9-4-10(13)15-5-14-9/h1-5H. The van der Waals surface area contributed by atoms with Crippen molar-refractivity contribution in [1.82, 2.24) is 9.97 Å². The molecule has 1 aromatic carbocycles. The second kappa shape index (κ2) is 4.35. The molecular weight excluding hydrogens is 254 g/mol. The summed E-state index contributed by atoms with van der Waals surface area (Å²) in [5.41, 5.74) is 1.46. The molecule has 2 aromatic rings. The summed E-state index contributed by atoms with van der Waals surface area (Å²) in [7, 11) is 0. The lowest BCUT2D eigenvalue weighted by atomic mass is 10.1. The van der Waals surface area contributed by atoms with Crippen LogP contribution in [-0.4, -0.2) is 9.97 Å². The highest BCUT2D eigenvalue weighted by atomic mass is 35.5. The summed E-state index contributed by atoms with van der Waals surface area (Å²) >= 11 is 17.6. The number of benzene rings is 1. The molecule has 15 heavy (non-hydrogen) atoms. The largest absolute Gasteiger partial charge is 0.236 e. The van der Waals surface area contributed by atoms with Gasteiger partial charge in [0.25, 0.3) is 0 Å². The minimum Gasteiger partial charge on any atom is -0.236 e. The Morgan fingerprint density at radius 2 is 1.73 bits per heavy atom. The molecule has 0 aliphatic rings. The zero-order valence-electron chi connectivity index (χ0n) is 7.42. The maximum absolute atomic E-state index is 6.03. The fourth-order valence-electron chi connectivity index (χ4n) is 1.18. The summed E-state index contributed by atoms with van der Waals surface area (Å²) in [5.74, 6) is 0. The summed E-state index contributed by atoms with van der Waals surface area (Å²) in [4.78, 5) is 7.87. The highest BCUT2D eigenvalue weighted by Gasteiger charge is 2.06. The summed E-state index contributed by atoms with van der Waals surface area (Å²) < 4.78 is 0. The van der Waals surface area contributed by atoms with Crippen LogP contribution in [0, 0.1) is 0 Å². The molecule has 0 fully saturated rings. The van der Waals surface area contributed by atoms with Gasteiger partial charge in [0.1, 0.15) is 11.5 Å². The van der Waals surface area contributed by atoms with Crippen molar-refractivity contribution >= 4 is 34.8 Å². The van der Waals surface area contributed by atoms with E-state index in [0.717, 1.165) is 5.56 Å².